The first-order valence-corrected chi connectivity index (χ1v) is 7.68. The van der Waals surface area contributed by atoms with Gasteiger partial charge < -0.3 is 9.30 Å². The highest BCUT2D eigenvalue weighted by Gasteiger charge is 2.12. The standard InChI is InChI=1S/C18H16N6O/c1-22-11-16(19-12-22)5-4-13-7-21-24-10-14(6-17(25-3)18(13)24)15-8-20-23(2)9-15/h6-12H,1-3H3. The van der Waals surface area contributed by atoms with Crippen molar-refractivity contribution in [2.75, 3.05) is 7.11 Å². The van der Waals surface area contributed by atoms with E-state index < -0.39 is 0 Å². The molecule has 4 aromatic rings. The van der Waals surface area contributed by atoms with E-state index in [2.05, 4.69) is 27.0 Å². The number of nitrogens with zero attached hydrogens (tertiary/aromatic N) is 6. The second kappa shape index (κ2) is 5.83. The summed E-state index contributed by atoms with van der Waals surface area (Å²) >= 11 is 0. The predicted molar refractivity (Wildman–Crippen MR) is 93.1 cm³/mol. The van der Waals surface area contributed by atoms with E-state index in [1.807, 2.05) is 49.5 Å². The van der Waals surface area contributed by atoms with Crippen molar-refractivity contribution < 1.29 is 4.74 Å². The molecule has 0 radical (unpaired) electrons. The third-order valence-corrected chi connectivity index (χ3v) is 3.87. The Morgan fingerprint density at radius 3 is 2.56 bits per heavy atom. The van der Waals surface area contributed by atoms with Gasteiger partial charge in [-0.3, -0.25) is 4.68 Å². The zero-order valence-electron chi connectivity index (χ0n) is 14.1. The topological polar surface area (TPSA) is 62.2 Å². The molecule has 0 unspecified atom stereocenters. The Morgan fingerprint density at radius 1 is 1.00 bits per heavy atom. The van der Waals surface area contributed by atoms with Gasteiger partial charge in [0.15, 0.2) is 0 Å². The fraction of sp³-hybridized carbons (Fsp3) is 0.167. The molecule has 0 N–H and O–H groups in total. The summed E-state index contributed by atoms with van der Waals surface area (Å²) in [7, 11) is 5.44. The Labute approximate surface area is 144 Å². The van der Waals surface area contributed by atoms with E-state index in [1.54, 1.807) is 28.8 Å². The van der Waals surface area contributed by atoms with Crippen molar-refractivity contribution in [1.29, 1.82) is 0 Å². The maximum absolute atomic E-state index is 5.58. The maximum Gasteiger partial charge on any atom is 0.146 e. The molecule has 0 aliphatic heterocycles. The van der Waals surface area contributed by atoms with Crippen LogP contribution in [0.15, 0.2) is 43.4 Å². The van der Waals surface area contributed by atoms with Crippen LogP contribution in [0.4, 0.5) is 0 Å². The van der Waals surface area contributed by atoms with Crippen LogP contribution in [0.25, 0.3) is 16.6 Å². The van der Waals surface area contributed by atoms with E-state index >= 15 is 0 Å². The third-order valence-electron chi connectivity index (χ3n) is 3.87. The van der Waals surface area contributed by atoms with Gasteiger partial charge in [0.05, 0.1) is 31.4 Å². The van der Waals surface area contributed by atoms with Gasteiger partial charge in [0.2, 0.25) is 0 Å². The van der Waals surface area contributed by atoms with Gasteiger partial charge in [-0.05, 0) is 12.0 Å². The average molecular weight is 332 g/mol. The Kier molecular flexibility index (Phi) is 3.51. The van der Waals surface area contributed by atoms with Gasteiger partial charge in [-0.15, -0.1) is 0 Å². The number of hydrogen-bond acceptors (Lipinski definition) is 4. The van der Waals surface area contributed by atoms with E-state index in [-0.39, 0.29) is 0 Å². The molecule has 25 heavy (non-hydrogen) atoms. The molecular formula is C18H16N6O. The monoisotopic (exact) mass is 332 g/mol. The molecule has 0 atom stereocenters. The van der Waals surface area contributed by atoms with E-state index in [0.717, 1.165) is 22.2 Å². The lowest BCUT2D eigenvalue weighted by atomic mass is 10.1. The Bertz CT molecular complexity index is 1120. The van der Waals surface area contributed by atoms with Gasteiger partial charge in [-0.1, -0.05) is 5.92 Å². The summed E-state index contributed by atoms with van der Waals surface area (Å²) in [5.74, 6) is 6.90. The summed E-state index contributed by atoms with van der Waals surface area (Å²) in [5.41, 5.74) is 4.32. The summed E-state index contributed by atoms with van der Waals surface area (Å²) in [6, 6.07) is 1.97. The van der Waals surface area contributed by atoms with Crippen LogP contribution in [0, 0.1) is 11.8 Å². The highest BCUT2D eigenvalue weighted by Crippen LogP contribution is 2.29. The van der Waals surface area contributed by atoms with Crippen LogP contribution >= 0.6 is 0 Å². The minimum atomic E-state index is 0.712. The quantitative estimate of drug-likeness (QED) is 0.526. The number of rotatable bonds is 2. The van der Waals surface area contributed by atoms with Crippen molar-refractivity contribution >= 4 is 5.52 Å². The van der Waals surface area contributed by atoms with Crippen LogP contribution < -0.4 is 4.74 Å². The highest BCUT2D eigenvalue weighted by atomic mass is 16.5. The summed E-state index contributed by atoms with van der Waals surface area (Å²) in [6.45, 7) is 0. The molecule has 0 saturated carbocycles. The minimum Gasteiger partial charge on any atom is -0.494 e. The van der Waals surface area contributed by atoms with Crippen molar-refractivity contribution in [2.45, 2.75) is 0 Å². The molecule has 0 aliphatic carbocycles. The van der Waals surface area contributed by atoms with Crippen LogP contribution in [0.1, 0.15) is 11.3 Å². The fourth-order valence-corrected chi connectivity index (χ4v) is 2.67. The van der Waals surface area contributed by atoms with E-state index in [9.17, 15) is 0 Å². The van der Waals surface area contributed by atoms with Gasteiger partial charge in [0.25, 0.3) is 0 Å². The molecule has 0 bridgehead atoms. The molecule has 0 saturated heterocycles. The molecule has 124 valence electrons. The zero-order chi connectivity index (χ0) is 17.4. The number of ether oxygens (including phenoxy) is 1. The zero-order valence-corrected chi connectivity index (χ0v) is 14.1. The summed E-state index contributed by atoms with van der Waals surface area (Å²) < 4.78 is 11.0. The van der Waals surface area contributed by atoms with Crippen molar-refractivity contribution in [3.8, 4) is 28.7 Å². The number of pyridine rings is 1. The first kappa shape index (κ1) is 15.0. The summed E-state index contributed by atoms with van der Waals surface area (Å²) in [4.78, 5) is 4.22. The second-order valence-corrected chi connectivity index (χ2v) is 5.73. The molecule has 0 fully saturated rings. The number of hydrogen-bond donors (Lipinski definition) is 0. The van der Waals surface area contributed by atoms with Crippen molar-refractivity contribution in [3.05, 3.63) is 54.6 Å². The van der Waals surface area contributed by atoms with Gasteiger partial charge in [0.1, 0.15) is 17.0 Å². The lowest BCUT2D eigenvalue weighted by Gasteiger charge is -2.06. The first-order valence-electron chi connectivity index (χ1n) is 7.68. The Hall–Kier alpha value is -3.53. The normalized spacial score (nSPS) is 10.7. The molecule has 0 aliphatic rings. The van der Waals surface area contributed by atoms with Crippen LogP contribution in [0.5, 0.6) is 5.75 Å². The van der Waals surface area contributed by atoms with Crippen LogP contribution in [-0.2, 0) is 14.1 Å². The SMILES string of the molecule is COc1cc(-c2cnn(C)c2)cn2ncc(C#Cc3cn(C)cn3)c12. The van der Waals surface area contributed by atoms with Crippen LogP contribution in [0.3, 0.4) is 0 Å². The highest BCUT2D eigenvalue weighted by molar-refractivity contribution is 5.75. The van der Waals surface area contributed by atoms with Crippen molar-refractivity contribution in [1.82, 2.24) is 28.9 Å². The first-order chi connectivity index (χ1) is 12.1. The van der Waals surface area contributed by atoms with Crippen LogP contribution in [-0.4, -0.2) is 36.1 Å². The molecular weight excluding hydrogens is 316 g/mol. The maximum atomic E-state index is 5.58. The molecule has 7 nitrogen and oxygen atoms in total. The molecule has 0 spiro atoms. The number of imidazole rings is 1. The average Bonchev–Trinajstić information content (AvgIpc) is 3.32. The molecule has 0 aromatic carbocycles. The van der Waals surface area contributed by atoms with E-state index in [1.165, 1.54) is 0 Å². The second-order valence-electron chi connectivity index (χ2n) is 5.73. The number of aryl methyl sites for hydroxylation is 2. The van der Waals surface area contributed by atoms with Gasteiger partial charge in [-0.25, -0.2) is 9.50 Å². The summed E-state index contributed by atoms with van der Waals surface area (Å²) in [6.07, 6.45) is 11.0. The lowest BCUT2D eigenvalue weighted by Crippen LogP contribution is -1.94. The largest absolute Gasteiger partial charge is 0.494 e. The van der Waals surface area contributed by atoms with E-state index in [4.69, 9.17) is 4.74 Å². The van der Waals surface area contributed by atoms with Crippen molar-refractivity contribution in [3.63, 3.8) is 0 Å². The van der Waals surface area contributed by atoms with E-state index in [0.29, 0.717) is 11.4 Å². The Morgan fingerprint density at radius 2 is 1.88 bits per heavy atom. The molecule has 0 amide bonds. The lowest BCUT2D eigenvalue weighted by molar-refractivity contribution is 0.417. The molecule has 7 heteroatoms. The Balaban J connectivity index is 1.82. The van der Waals surface area contributed by atoms with Gasteiger partial charge in [0, 0.05) is 43.8 Å². The molecule has 4 rings (SSSR count). The third kappa shape index (κ3) is 2.74. The van der Waals surface area contributed by atoms with Gasteiger partial charge >= 0.3 is 0 Å². The summed E-state index contributed by atoms with van der Waals surface area (Å²) in [5, 5.41) is 8.63. The fourth-order valence-electron chi connectivity index (χ4n) is 2.67. The van der Waals surface area contributed by atoms with Crippen molar-refractivity contribution in [2.24, 2.45) is 14.1 Å². The van der Waals surface area contributed by atoms with Crippen LogP contribution in [0.2, 0.25) is 0 Å². The molecule has 4 aromatic heterocycles. The minimum absolute atomic E-state index is 0.712. The molecule has 4 heterocycles. The number of aromatic nitrogens is 6. The smallest absolute Gasteiger partial charge is 0.146 e. The number of methoxy groups -OCH3 is 1. The predicted octanol–water partition coefficient (Wildman–Crippen LogP) is 1.88. The number of fused-ring (bicyclic) bond motifs is 1. The van der Waals surface area contributed by atoms with Gasteiger partial charge in [-0.2, -0.15) is 10.2 Å².